The lowest BCUT2D eigenvalue weighted by Gasteiger charge is -2.20. The lowest BCUT2D eigenvalue weighted by molar-refractivity contribution is 0.453. The summed E-state index contributed by atoms with van der Waals surface area (Å²) < 4.78 is 1.85. The summed E-state index contributed by atoms with van der Waals surface area (Å²) in [5, 5.41) is 7.96. The van der Waals surface area contributed by atoms with Gasteiger partial charge in [0.2, 0.25) is 0 Å². The van der Waals surface area contributed by atoms with Crippen LogP contribution < -0.4 is 5.32 Å². The van der Waals surface area contributed by atoms with E-state index in [0.29, 0.717) is 5.92 Å². The minimum absolute atomic E-state index is 0.556. The van der Waals surface area contributed by atoms with Crippen molar-refractivity contribution in [2.24, 2.45) is 0 Å². The molecule has 3 rings (SSSR count). The lowest BCUT2D eigenvalue weighted by atomic mass is 9.96. The highest BCUT2D eigenvalue weighted by Crippen LogP contribution is 2.22. The maximum atomic E-state index is 4.55. The van der Waals surface area contributed by atoms with E-state index in [1.165, 1.54) is 18.5 Å². The van der Waals surface area contributed by atoms with Gasteiger partial charge in [0.25, 0.3) is 0 Å². The van der Waals surface area contributed by atoms with E-state index in [1.807, 2.05) is 16.8 Å². The maximum absolute atomic E-state index is 4.55. The van der Waals surface area contributed by atoms with E-state index in [2.05, 4.69) is 21.5 Å². The summed E-state index contributed by atoms with van der Waals surface area (Å²) in [5.74, 6) is 0.556. The van der Waals surface area contributed by atoms with E-state index in [9.17, 15) is 0 Å². The topological polar surface area (TPSA) is 42.2 Å². The van der Waals surface area contributed by atoms with Crippen LogP contribution in [0.5, 0.6) is 0 Å². The number of nitrogens with zero attached hydrogens (tertiary/aromatic N) is 3. The summed E-state index contributed by atoms with van der Waals surface area (Å²) in [4.78, 5) is 4.28. The first-order valence-electron chi connectivity index (χ1n) is 5.44. The Hall–Kier alpha value is -1.42. The number of rotatable bonds is 1. The SMILES string of the molecule is c1cnc2cc(C3CCCNC3)nn2c1. The second kappa shape index (κ2) is 3.62. The molecular formula is C11H14N4. The van der Waals surface area contributed by atoms with Crippen molar-refractivity contribution < 1.29 is 0 Å². The lowest BCUT2D eigenvalue weighted by Crippen LogP contribution is -2.28. The van der Waals surface area contributed by atoms with Crippen molar-refractivity contribution in [3.05, 3.63) is 30.2 Å². The van der Waals surface area contributed by atoms with E-state index in [0.717, 1.165) is 18.7 Å². The Bertz CT molecular complexity index is 423. The zero-order valence-electron chi connectivity index (χ0n) is 8.56. The Labute approximate surface area is 88.3 Å². The van der Waals surface area contributed by atoms with Gasteiger partial charge >= 0.3 is 0 Å². The van der Waals surface area contributed by atoms with Crippen molar-refractivity contribution >= 4 is 5.65 Å². The number of hydrogen-bond acceptors (Lipinski definition) is 3. The number of piperidine rings is 1. The normalized spacial score (nSPS) is 22.0. The summed E-state index contributed by atoms with van der Waals surface area (Å²) in [5.41, 5.74) is 2.11. The van der Waals surface area contributed by atoms with Crippen LogP contribution in [0.4, 0.5) is 0 Å². The predicted molar refractivity (Wildman–Crippen MR) is 57.8 cm³/mol. The quantitative estimate of drug-likeness (QED) is 0.755. The molecule has 1 aliphatic heterocycles. The van der Waals surface area contributed by atoms with Gasteiger partial charge in [0.15, 0.2) is 5.65 Å². The summed E-state index contributed by atoms with van der Waals surface area (Å²) in [6, 6.07) is 4.00. The van der Waals surface area contributed by atoms with Gasteiger partial charge in [-0.2, -0.15) is 5.10 Å². The molecule has 0 aromatic carbocycles. The first kappa shape index (κ1) is 8.85. The zero-order valence-corrected chi connectivity index (χ0v) is 8.56. The van der Waals surface area contributed by atoms with Gasteiger partial charge in [-0.05, 0) is 25.5 Å². The van der Waals surface area contributed by atoms with E-state index in [1.54, 1.807) is 6.20 Å². The largest absolute Gasteiger partial charge is 0.316 e. The minimum atomic E-state index is 0.556. The monoisotopic (exact) mass is 202 g/mol. The molecule has 78 valence electrons. The van der Waals surface area contributed by atoms with Crippen molar-refractivity contribution in [1.29, 1.82) is 0 Å². The highest BCUT2D eigenvalue weighted by Gasteiger charge is 2.18. The molecule has 0 saturated carbocycles. The molecule has 0 amide bonds. The van der Waals surface area contributed by atoms with Crippen molar-refractivity contribution in [3.63, 3.8) is 0 Å². The van der Waals surface area contributed by atoms with Crippen LogP contribution in [-0.4, -0.2) is 27.7 Å². The molecule has 1 unspecified atom stereocenters. The number of nitrogens with one attached hydrogen (secondary N) is 1. The fourth-order valence-electron chi connectivity index (χ4n) is 2.15. The summed E-state index contributed by atoms with van der Waals surface area (Å²) in [7, 11) is 0. The maximum Gasteiger partial charge on any atom is 0.155 e. The Kier molecular flexibility index (Phi) is 2.14. The Morgan fingerprint density at radius 1 is 1.47 bits per heavy atom. The molecule has 4 nitrogen and oxygen atoms in total. The molecule has 0 bridgehead atoms. The fourth-order valence-corrected chi connectivity index (χ4v) is 2.15. The van der Waals surface area contributed by atoms with Crippen LogP contribution >= 0.6 is 0 Å². The van der Waals surface area contributed by atoms with E-state index in [4.69, 9.17) is 0 Å². The van der Waals surface area contributed by atoms with Crippen LogP contribution in [0.1, 0.15) is 24.5 Å². The highest BCUT2D eigenvalue weighted by molar-refractivity contribution is 5.39. The minimum Gasteiger partial charge on any atom is -0.316 e. The molecule has 15 heavy (non-hydrogen) atoms. The fraction of sp³-hybridized carbons (Fsp3) is 0.455. The van der Waals surface area contributed by atoms with Crippen LogP contribution in [0.25, 0.3) is 5.65 Å². The molecule has 1 fully saturated rings. The van der Waals surface area contributed by atoms with Gasteiger partial charge in [-0.3, -0.25) is 0 Å². The van der Waals surface area contributed by atoms with Crippen LogP contribution in [0.3, 0.4) is 0 Å². The first-order valence-corrected chi connectivity index (χ1v) is 5.44. The molecule has 0 spiro atoms. The van der Waals surface area contributed by atoms with Gasteiger partial charge in [0, 0.05) is 30.9 Å². The third kappa shape index (κ3) is 1.61. The highest BCUT2D eigenvalue weighted by atomic mass is 15.2. The molecule has 0 aliphatic carbocycles. The Morgan fingerprint density at radius 3 is 3.27 bits per heavy atom. The van der Waals surface area contributed by atoms with Crippen LogP contribution in [0.2, 0.25) is 0 Å². The summed E-state index contributed by atoms with van der Waals surface area (Å²) in [6.07, 6.45) is 6.23. The van der Waals surface area contributed by atoms with Gasteiger partial charge in [-0.15, -0.1) is 0 Å². The van der Waals surface area contributed by atoms with E-state index in [-0.39, 0.29) is 0 Å². The molecule has 1 N–H and O–H groups in total. The van der Waals surface area contributed by atoms with E-state index >= 15 is 0 Å². The second-order valence-corrected chi connectivity index (χ2v) is 4.03. The molecule has 4 heteroatoms. The molecule has 2 aromatic heterocycles. The first-order chi connectivity index (χ1) is 7.43. The molecule has 1 saturated heterocycles. The third-order valence-corrected chi connectivity index (χ3v) is 2.97. The second-order valence-electron chi connectivity index (χ2n) is 4.03. The van der Waals surface area contributed by atoms with Crippen molar-refractivity contribution in [2.75, 3.05) is 13.1 Å². The molecule has 2 aromatic rings. The molecule has 1 aliphatic rings. The summed E-state index contributed by atoms with van der Waals surface area (Å²) in [6.45, 7) is 2.19. The summed E-state index contributed by atoms with van der Waals surface area (Å²) >= 11 is 0. The van der Waals surface area contributed by atoms with Crippen molar-refractivity contribution in [3.8, 4) is 0 Å². The molecule has 3 heterocycles. The average Bonchev–Trinajstić information content (AvgIpc) is 2.74. The third-order valence-electron chi connectivity index (χ3n) is 2.97. The predicted octanol–water partition coefficient (Wildman–Crippen LogP) is 1.20. The molecular weight excluding hydrogens is 188 g/mol. The van der Waals surface area contributed by atoms with Gasteiger partial charge in [-0.25, -0.2) is 9.50 Å². The number of hydrogen-bond donors (Lipinski definition) is 1. The van der Waals surface area contributed by atoms with Crippen LogP contribution in [0, 0.1) is 0 Å². The number of fused-ring (bicyclic) bond motifs is 1. The smallest absolute Gasteiger partial charge is 0.155 e. The van der Waals surface area contributed by atoms with Crippen molar-refractivity contribution in [2.45, 2.75) is 18.8 Å². The van der Waals surface area contributed by atoms with Crippen molar-refractivity contribution in [1.82, 2.24) is 19.9 Å². The average molecular weight is 202 g/mol. The molecule has 1 atom stereocenters. The van der Waals surface area contributed by atoms with Gasteiger partial charge in [0.05, 0.1) is 5.69 Å². The Balaban J connectivity index is 1.96. The molecule has 0 radical (unpaired) electrons. The Morgan fingerprint density at radius 2 is 2.47 bits per heavy atom. The van der Waals surface area contributed by atoms with Crippen LogP contribution in [0.15, 0.2) is 24.5 Å². The van der Waals surface area contributed by atoms with Gasteiger partial charge < -0.3 is 5.32 Å². The van der Waals surface area contributed by atoms with E-state index < -0.39 is 0 Å². The van der Waals surface area contributed by atoms with Crippen LogP contribution in [-0.2, 0) is 0 Å². The standard InChI is InChI=1S/C11H14N4/c1-3-9(8-12-4-1)10-7-11-13-5-2-6-15(11)14-10/h2,5-7,9,12H,1,3-4,8H2. The number of aromatic nitrogens is 3. The van der Waals surface area contributed by atoms with Gasteiger partial charge in [0.1, 0.15) is 0 Å². The van der Waals surface area contributed by atoms with Gasteiger partial charge in [-0.1, -0.05) is 0 Å². The zero-order chi connectivity index (χ0) is 10.1.